The van der Waals surface area contributed by atoms with Crippen molar-refractivity contribution in [2.45, 2.75) is 26.2 Å². The second-order valence-electron chi connectivity index (χ2n) is 6.28. The van der Waals surface area contributed by atoms with E-state index in [2.05, 4.69) is 25.8 Å². The van der Waals surface area contributed by atoms with Crippen molar-refractivity contribution in [2.75, 3.05) is 6.61 Å². The minimum absolute atomic E-state index is 0.0373. The molecule has 0 saturated carbocycles. The molecule has 0 bridgehead atoms. The van der Waals surface area contributed by atoms with Crippen molar-refractivity contribution >= 4 is 5.78 Å². The van der Waals surface area contributed by atoms with Gasteiger partial charge in [-0.1, -0.05) is 20.8 Å². The Bertz CT molecular complexity index is 781. The van der Waals surface area contributed by atoms with Crippen LogP contribution in [0, 0.1) is 0 Å². The van der Waals surface area contributed by atoms with Crippen molar-refractivity contribution in [2.24, 2.45) is 0 Å². The molecule has 0 saturated heterocycles. The number of pyridine rings is 1. The van der Waals surface area contributed by atoms with Crippen molar-refractivity contribution in [3.63, 3.8) is 0 Å². The van der Waals surface area contributed by atoms with Crippen molar-refractivity contribution in [3.8, 4) is 16.9 Å². The van der Waals surface area contributed by atoms with E-state index in [-0.39, 0.29) is 23.4 Å². The van der Waals surface area contributed by atoms with Gasteiger partial charge >= 0.3 is 0 Å². The highest BCUT2D eigenvalue weighted by atomic mass is 16.5. The lowest BCUT2D eigenvalue weighted by molar-refractivity contribution is 0.0960. The molecule has 1 N–H and O–H groups in total. The molecule has 3 rings (SSSR count). The van der Waals surface area contributed by atoms with Crippen molar-refractivity contribution in [1.82, 2.24) is 4.98 Å². The van der Waals surface area contributed by atoms with Crippen LogP contribution in [0.4, 0.5) is 0 Å². The van der Waals surface area contributed by atoms with E-state index in [1.54, 1.807) is 24.4 Å². The monoisotopic (exact) mass is 283 g/mol. The van der Waals surface area contributed by atoms with E-state index in [0.29, 0.717) is 16.9 Å². The maximum Gasteiger partial charge on any atom is 0.255 e. The van der Waals surface area contributed by atoms with E-state index in [9.17, 15) is 9.59 Å². The van der Waals surface area contributed by atoms with Crippen molar-refractivity contribution in [1.29, 1.82) is 0 Å². The molecule has 0 amide bonds. The van der Waals surface area contributed by atoms with Gasteiger partial charge < -0.3 is 9.72 Å². The lowest BCUT2D eigenvalue weighted by Gasteiger charge is -2.22. The number of hydrogen-bond acceptors (Lipinski definition) is 3. The molecule has 21 heavy (non-hydrogen) atoms. The third-order valence-corrected chi connectivity index (χ3v) is 3.67. The molecule has 0 fully saturated rings. The molecule has 1 aromatic heterocycles. The summed E-state index contributed by atoms with van der Waals surface area (Å²) in [4.78, 5) is 26.7. The minimum Gasteiger partial charge on any atom is -0.484 e. The SMILES string of the molecule is CC(C)(C)c1cc(-c2ccc[nH]c2=O)cc2c1OCC2=O. The molecular weight excluding hydrogens is 266 g/mol. The predicted octanol–water partition coefficient (Wildman–Crippen LogP) is 2.91. The molecule has 0 unspecified atom stereocenters. The lowest BCUT2D eigenvalue weighted by atomic mass is 9.83. The average molecular weight is 283 g/mol. The van der Waals surface area contributed by atoms with Crippen molar-refractivity contribution in [3.05, 3.63) is 51.9 Å². The van der Waals surface area contributed by atoms with E-state index < -0.39 is 0 Å². The van der Waals surface area contributed by atoms with Crippen LogP contribution in [0.15, 0.2) is 35.3 Å². The standard InChI is InChI=1S/C17H17NO3/c1-17(2,3)13-8-10(11-5-4-6-18-16(11)20)7-12-14(19)9-21-15(12)13/h4-8H,9H2,1-3H3,(H,18,20). The van der Waals surface area contributed by atoms with Gasteiger partial charge in [-0.05, 0) is 35.2 Å². The summed E-state index contributed by atoms with van der Waals surface area (Å²) in [5.74, 6) is 0.619. The van der Waals surface area contributed by atoms with Crippen LogP contribution in [0.25, 0.3) is 11.1 Å². The van der Waals surface area contributed by atoms with Gasteiger partial charge in [0.1, 0.15) is 5.75 Å². The van der Waals surface area contributed by atoms with Gasteiger partial charge in [0.05, 0.1) is 5.56 Å². The Labute approximate surface area is 122 Å². The summed E-state index contributed by atoms with van der Waals surface area (Å²) >= 11 is 0. The van der Waals surface area contributed by atoms with Gasteiger partial charge in [-0.2, -0.15) is 0 Å². The predicted molar refractivity (Wildman–Crippen MR) is 81.0 cm³/mol. The molecule has 0 spiro atoms. The summed E-state index contributed by atoms with van der Waals surface area (Å²) in [6.45, 7) is 6.27. The molecule has 1 aromatic carbocycles. The first kappa shape index (κ1) is 13.6. The number of benzene rings is 1. The van der Waals surface area contributed by atoms with E-state index in [1.165, 1.54) is 0 Å². The van der Waals surface area contributed by atoms with Crippen LogP contribution in [0.5, 0.6) is 5.75 Å². The van der Waals surface area contributed by atoms with Crippen molar-refractivity contribution < 1.29 is 9.53 Å². The lowest BCUT2D eigenvalue weighted by Crippen LogP contribution is -2.14. The summed E-state index contributed by atoms with van der Waals surface area (Å²) in [6, 6.07) is 7.23. The number of aromatic amines is 1. The zero-order chi connectivity index (χ0) is 15.2. The number of fused-ring (bicyclic) bond motifs is 1. The first-order valence-electron chi connectivity index (χ1n) is 6.90. The molecule has 0 radical (unpaired) electrons. The molecule has 4 heteroatoms. The Morgan fingerprint density at radius 2 is 1.90 bits per heavy atom. The number of aromatic nitrogens is 1. The largest absolute Gasteiger partial charge is 0.484 e. The van der Waals surface area contributed by atoms with Gasteiger partial charge in [0.15, 0.2) is 6.61 Å². The number of carbonyl (C=O) groups excluding carboxylic acids is 1. The van der Waals surface area contributed by atoms with Gasteiger partial charge in [0, 0.05) is 17.3 Å². The quantitative estimate of drug-likeness (QED) is 0.875. The molecule has 108 valence electrons. The number of nitrogens with one attached hydrogen (secondary N) is 1. The Morgan fingerprint density at radius 3 is 2.57 bits per heavy atom. The Balaban J connectivity index is 2.30. The van der Waals surface area contributed by atoms with Crippen LogP contribution in [0.2, 0.25) is 0 Å². The smallest absolute Gasteiger partial charge is 0.255 e. The zero-order valence-electron chi connectivity index (χ0n) is 12.3. The fourth-order valence-electron chi connectivity index (χ4n) is 2.57. The molecule has 2 aromatic rings. The van der Waals surface area contributed by atoms with Gasteiger partial charge in [0.2, 0.25) is 5.78 Å². The van der Waals surface area contributed by atoms with Crippen LogP contribution >= 0.6 is 0 Å². The highest BCUT2D eigenvalue weighted by Gasteiger charge is 2.30. The summed E-state index contributed by atoms with van der Waals surface area (Å²) in [5.41, 5.74) is 2.49. The van der Waals surface area contributed by atoms with E-state index in [1.807, 2.05) is 6.07 Å². The van der Waals surface area contributed by atoms with Gasteiger partial charge in [-0.15, -0.1) is 0 Å². The number of ketones is 1. The number of carbonyl (C=O) groups is 1. The Morgan fingerprint density at radius 1 is 1.14 bits per heavy atom. The number of Topliss-reactive ketones (excluding diaryl/α,β-unsaturated/α-hetero) is 1. The summed E-state index contributed by atoms with van der Waals surface area (Å²) in [5, 5.41) is 0. The molecule has 1 aliphatic rings. The average Bonchev–Trinajstić information content (AvgIpc) is 2.79. The highest BCUT2D eigenvalue weighted by molar-refractivity contribution is 6.04. The van der Waals surface area contributed by atoms with E-state index >= 15 is 0 Å². The number of rotatable bonds is 1. The highest BCUT2D eigenvalue weighted by Crippen LogP contribution is 2.40. The first-order chi connectivity index (χ1) is 9.88. The fourth-order valence-corrected chi connectivity index (χ4v) is 2.57. The zero-order valence-corrected chi connectivity index (χ0v) is 12.3. The number of ether oxygens (including phenoxy) is 1. The fraction of sp³-hybridized carbons (Fsp3) is 0.294. The maximum absolute atomic E-state index is 12.0. The van der Waals surface area contributed by atoms with Gasteiger partial charge in [-0.3, -0.25) is 9.59 Å². The summed E-state index contributed by atoms with van der Waals surface area (Å²) < 4.78 is 5.55. The molecule has 2 heterocycles. The van der Waals surface area contributed by atoms with Crippen LogP contribution in [-0.2, 0) is 5.41 Å². The third kappa shape index (κ3) is 2.27. The molecule has 1 aliphatic heterocycles. The second kappa shape index (κ2) is 4.58. The number of H-pyrrole nitrogens is 1. The minimum atomic E-state index is -0.174. The number of hydrogen-bond donors (Lipinski definition) is 1. The van der Waals surface area contributed by atoms with Gasteiger partial charge in [0.25, 0.3) is 5.56 Å². The van der Waals surface area contributed by atoms with Crippen LogP contribution in [0.1, 0.15) is 36.7 Å². The molecule has 0 aliphatic carbocycles. The van der Waals surface area contributed by atoms with Crippen LogP contribution < -0.4 is 10.3 Å². The Kier molecular flexibility index (Phi) is 2.97. The normalized spacial score (nSPS) is 14.0. The molecule has 4 nitrogen and oxygen atoms in total. The topological polar surface area (TPSA) is 59.2 Å². The summed E-state index contributed by atoms with van der Waals surface area (Å²) in [6.07, 6.45) is 1.60. The molecule has 0 atom stereocenters. The van der Waals surface area contributed by atoms with Gasteiger partial charge in [-0.25, -0.2) is 0 Å². The third-order valence-electron chi connectivity index (χ3n) is 3.67. The second-order valence-corrected chi connectivity index (χ2v) is 6.28. The van der Waals surface area contributed by atoms with Crippen LogP contribution in [0.3, 0.4) is 0 Å². The Hall–Kier alpha value is -2.36. The first-order valence-corrected chi connectivity index (χ1v) is 6.90. The van der Waals surface area contributed by atoms with Crippen LogP contribution in [-0.4, -0.2) is 17.4 Å². The van der Waals surface area contributed by atoms with E-state index in [4.69, 9.17) is 4.74 Å². The maximum atomic E-state index is 12.0. The molecular formula is C17H17NO3. The van der Waals surface area contributed by atoms with E-state index in [0.717, 1.165) is 11.1 Å². The summed E-state index contributed by atoms with van der Waals surface area (Å²) in [7, 11) is 0.